The minimum atomic E-state index is -3.52. The largest absolute Gasteiger partial charge is 0.497 e. The molecule has 3 aliphatic rings. The zero-order chi connectivity index (χ0) is 26.7. The van der Waals surface area contributed by atoms with Crippen LogP contribution in [0.25, 0.3) is 0 Å². The first-order valence-electron chi connectivity index (χ1n) is 13.4. The van der Waals surface area contributed by atoms with Crippen LogP contribution < -0.4 is 4.74 Å². The number of piperidine rings is 1. The lowest BCUT2D eigenvalue weighted by Crippen LogP contribution is -2.44. The number of benzene rings is 3. The third-order valence-corrected chi connectivity index (χ3v) is 11.2. The van der Waals surface area contributed by atoms with Crippen molar-refractivity contribution in [2.24, 2.45) is 5.92 Å². The maximum absolute atomic E-state index is 13.0. The number of likely N-dealkylation sites (tertiary alicyclic amines) is 1. The third-order valence-electron chi connectivity index (χ3n) is 9.05. The molecule has 0 aromatic heterocycles. The fourth-order valence-electron chi connectivity index (χ4n) is 7.15. The Kier molecular flexibility index (Phi) is 6.58. The van der Waals surface area contributed by atoms with E-state index in [1.54, 1.807) is 33.3 Å². The molecule has 1 heterocycles. The van der Waals surface area contributed by atoms with Crippen LogP contribution in [0.5, 0.6) is 5.75 Å². The summed E-state index contributed by atoms with van der Waals surface area (Å²) in [6.07, 6.45) is 3.95. The summed E-state index contributed by atoms with van der Waals surface area (Å²) in [7, 11) is 1.27. The Labute approximate surface area is 231 Å². The van der Waals surface area contributed by atoms with Crippen LogP contribution in [-0.4, -0.2) is 58.5 Å². The number of ether oxygens (including phenoxy) is 1. The summed E-state index contributed by atoms with van der Waals surface area (Å²) in [6.45, 7) is 3.02. The summed E-state index contributed by atoms with van der Waals surface area (Å²) in [6, 6.07) is 20.8. The lowest BCUT2D eigenvalue weighted by molar-refractivity contribution is 0.158. The van der Waals surface area contributed by atoms with Crippen molar-refractivity contribution in [3.05, 3.63) is 93.5 Å². The molecule has 0 amide bonds. The molecule has 200 valence electrons. The Morgan fingerprint density at radius 2 is 1.74 bits per heavy atom. The number of halogens is 1. The number of nitrogens with zero attached hydrogens (tertiary/aromatic N) is 2. The molecule has 1 fully saturated rings. The Bertz CT molecular complexity index is 1480. The van der Waals surface area contributed by atoms with Crippen molar-refractivity contribution in [1.82, 2.24) is 9.21 Å². The van der Waals surface area contributed by atoms with Crippen LogP contribution in [0.2, 0.25) is 5.02 Å². The molecule has 2 bridgehead atoms. The zero-order valence-corrected chi connectivity index (χ0v) is 23.9. The number of hydrogen-bond donors (Lipinski definition) is 0. The first kappa shape index (κ1) is 25.9. The van der Waals surface area contributed by atoms with E-state index in [-0.39, 0.29) is 5.41 Å². The lowest BCUT2D eigenvalue weighted by Gasteiger charge is -2.40. The van der Waals surface area contributed by atoms with Gasteiger partial charge in [0.2, 0.25) is 10.0 Å². The van der Waals surface area contributed by atoms with E-state index in [9.17, 15) is 8.42 Å². The van der Waals surface area contributed by atoms with Gasteiger partial charge in [-0.15, -0.1) is 0 Å². The molecule has 0 unspecified atom stereocenters. The van der Waals surface area contributed by atoms with E-state index >= 15 is 0 Å². The molecule has 0 radical (unpaired) electrons. The van der Waals surface area contributed by atoms with Gasteiger partial charge in [-0.2, -0.15) is 0 Å². The van der Waals surface area contributed by atoms with Gasteiger partial charge in [0.1, 0.15) is 5.75 Å². The Hall–Kier alpha value is -2.38. The van der Waals surface area contributed by atoms with Gasteiger partial charge in [0.15, 0.2) is 0 Å². The molecule has 0 spiro atoms. The maximum Gasteiger partial charge on any atom is 0.242 e. The SMILES string of the molecule is COc1ccc(S(=O)(=O)N(C)C)c(CC2CCN(C[C@]34C[C@@H](c5ccccc53)c3ccc(Cl)cc34)CC2)c1. The first-order chi connectivity index (χ1) is 18.2. The van der Waals surface area contributed by atoms with Crippen molar-refractivity contribution < 1.29 is 13.2 Å². The molecular formula is C31H35ClN2O3S. The molecule has 0 N–H and O–H groups in total. The molecular weight excluding hydrogens is 516 g/mol. The molecule has 5 nitrogen and oxygen atoms in total. The van der Waals surface area contributed by atoms with Gasteiger partial charge >= 0.3 is 0 Å². The van der Waals surface area contributed by atoms with Gasteiger partial charge in [-0.25, -0.2) is 12.7 Å². The highest BCUT2D eigenvalue weighted by molar-refractivity contribution is 7.89. The van der Waals surface area contributed by atoms with E-state index in [0.717, 1.165) is 55.9 Å². The summed E-state index contributed by atoms with van der Waals surface area (Å²) in [5.74, 6) is 1.59. The van der Waals surface area contributed by atoms with Crippen LogP contribution >= 0.6 is 11.6 Å². The van der Waals surface area contributed by atoms with Crippen molar-refractivity contribution in [1.29, 1.82) is 0 Å². The molecule has 3 aromatic rings. The fraction of sp³-hybridized carbons (Fsp3) is 0.419. The monoisotopic (exact) mass is 550 g/mol. The number of methoxy groups -OCH3 is 1. The van der Waals surface area contributed by atoms with Crippen LogP contribution in [0.4, 0.5) is 0 Å². The second-order valence-electron chi connectivity index (χ2n) is 11.3. The standard InChI is InChI=1S/C31H35ClN2O3S/c1-33(2)38(35,36)30-11-9-24(37-3)17-22(30)16-21-12-14-34(15-13-21)20-31-19-27(25-6-4-5-7-28(25)31)26-10-8-23(32)18-29(26)31/h4-11,17-18,21,27H,12-16,19-20H2,1-3H3/t27-,31+/m0/s1. The predicted octanol–water partition coefficient (Wildman–Crippen LogP) is 5.69. The van der Waals surface area contributed by atoms with Gasteiger partial charge in [0.05, 0.1) is 12.0 Å². The van der Waals surface area contributed by atoms with Gasteiger partial charge in [-0.3, -0.25) is 0 Å². The molecule has 2 atom stereocenters. The summed E-state index contributed by atoms with van der Waals surface area (Å²) >= 11 is 6.51. The molecule has 1 saturated heterocycles. The Morgan fingerprint density at radius 3 is 2.47 bits per heavy atom. The minimum absolute atomic E-state index is 0.00587. The minimum Gasteiger partial charge on any atom is -0.497 e. The van der Waals surface area contributed by atoms with E-state index in [1.807, 2.05) is 12.1 Å². The zero-order valence-electron chi connectivity index (χ0n) is 22.3. The highest BCUT2D eigenvalue weighted by Crippen LogP contribution is 2.60. The summed E-state index contributed by atoms with van der Waals surface area (Å²) in [5, 5.41) is 0.814. The van der Waals surface area contributed by atoms with Gasteiger partial charge in [0.25, 0.3) is 0 Å². The Balaban J connectivity index is 1.21. The third kappa shape index (κ3) is 4.17. The number of sulfonamides is 1. The molecule has 6 rings (SSSR count). The lowest BCUT2D eigenvalue weighted by atomic mass is 9.74. The number of fused-ring (bicyclic) bond motifs is 8. The van der Waals surface area contributed by atoms with Gasteiger partial charge in [0, 0.05) is 37.0 Å². The highest BCUT2D eigenvalue weighted by Gasteiger charge is 2.53. The molecule has 7 heteroatoms. The maximum atomic E-state index is 13.0. The van der Waals surface area contributed by atoms with E-state index in [0.29, 0.717) is 22.5 Å². The second-order valence-corrected chi connectivity index (χ2v) is 13.9. The van der Waals surface area contributed by atoms with Gasteiger partial charge < -0.3 is 9.64 Å². The van der Waals surface area contributed by atoms with Gasteiger partial charge in [-0.05, 0) is 103 Å². The van der Waals surface area contributed by atoms with Crippen LogP contribution in [0.3, 0.4) is 0 Å². The van der Waals surface area contributed by atoms with Crippen molar-refractivity contribution in [3.63, 3.8) is 0 Å². The van der Waals surface area contributed by atoms with Crippen molar-refractivity contribution in [2.45, 2.75) is 41.9 Å². The molecule has 0 saturated carbocycles. The quantitative estimate of drug-likeness (QED) is 0.379. The predicted molar refractivity (Wildman–Crippen MR) is 152 cm³/mol. The summed E-state index contributed by atoms with van der Waals surface area (Å²) < 4.78 is 32.7. The van der Waals surface area contributed by atoms with Gasteiger partial charge in [-0.1, -0.05) is 41.9 Å². The van der Waals surface area contributed by atoms with Crippen LogP contribution in [-0.2, 0) is 21.9 Å². The van der Waals surface area contributed by atoms with Crippen LogP contribution in [0.1, 0.15) is 53.0 Å². The molecule has 38 heavy (non-hydrogen) atoms. The second kappa shape index (κ2) is 9.67. The smallest absolute Gasteiger partial charge is 0.242 e. The first-order valence-corrected chi connectivity index (χ1v) is 15.3. The fourth-order valence-corrected chi connectivity index (χ4v) is 8.43. The van der Waals surface area contributed by atoms with Crippen LogP contribution in [0, 0.1) is 5.92 Å². The summed E-state index contributed by atoms with van der Waals surface area (Å²) in [4.78, 5) is 3.01. The van der Waals surface area contributed by atoms with E-state index in [2.05, 4.69) is 41.3 Å². The summed E-state index contributed by atoms with van der Waals surface area (Å²) in [5.41, 5.74) is 6.64. The molecule has 3 aromatic carbocycles. The highest BCUT2D eigenvalue weighted by atomic mass is 35.5. The van der Waals surface area contributed by atoms with Crippen molar-refractivity contribution >= 4 is 21.6 Å². The van der Waals surface area contributed by atoms with E-state index in [1.165, 1.54) is 26.6 Å². The number of rotatable bonds is 7. The normalized spacial score (nSPS) is 23.0. The molecule has 1 aliphatic heterocycles. The van der Waals surface area contributed by atoms with Crippen molar-refractivity contribution in [3.8, 4) is 5.75 Å². The Morgan fingerprint density at radius 1 is 1.00 bits per heavy atom. The molecule has 2 aliphatic carbocycles. The topological polar surface area (TPSA) is 49.9 Å². The van der Waals surface area contributed by atoms with E-state index < -0.39 is 10.0 Å². The van der Waals surface area contributed by atoms with E-state index in [4.69, 9.17) is 16.3 Å². The van der Waals surface area contributed by atoms with Crippen LogP contribution in [0.15, 0.2) is 65.6 Å². The number of hydrogen-bond acceptors (Lipinski definition) is 4. The average molecular weight is 551 g/mol. The average Bonchev–Trinajstić information content (AvgIpc) is 3.41. The van der Waals surface area contributed by atoms with Crippen molar-refractivity contribution in [2.75, 3.05) is 40.8 Å².